The minimum Gasteiger partial charge on any atom is -0.410 e. The number of oxime groups is 1. The number of nitrogens with zero attached hydrogens (tertiary/aromatic N) is 1. The molecule has 0 aromatic heterocycles. The molecule has 1 N–H and O–H groups in total. The molecule has 0 unspecified atom stereocenters. The smallest absolute Gasteiger partial charge is 0.410 e. The molecule has 1 rings (SSSR count). The van der Waals surface area contributed by atoms with E-state index in [1.165, 1.54) is 0 Å². The highest BCUT2D eigenvalue weighted by Crippen LogP contribution is 2.32. The monoisotopic (exact) mass is 241 g/mol. The molecule has 0 radical (unpaired) electrons. The van der Waals surface area contributed by atoms with Crippen molar-refractivity contribution in [2.75, 3.05) is 0 Å². The molecule has 0 bridgehead atoms. The van der Waals surface area contributed by atoms with Crippen molar-refractivity contribution in [3.63, 3.8) is 0 Å². The molecule has 0 amide bonds. The minimum absolute atomic E-state index is 0.215. The Morgan fingerprint density at radius 3 is 2.40 bits per heavy atom. The van der Waals surface area contributed by atoms with Gasteiger partial charge in [0.25, 0.3) is 0 Å². The van der Waals surface area contributed by atoms with Crippen molar-refractivity contribution in [2.24, 2.45) is 5.16 Å². The molecule has 0 atom stereocenters. The maximum atomic E-state index is 12.8. The predicted octanol–water partition coefficient (Wildman–Crippen LogP) is 3.22. The van der Waals surface area contributed by atoms with E-state index < -0.39 is 22.7 Å². The summed E-state index contributed by atoms with van der Waals surface area (Å²) in [5.41, 5.74) is -1.67. The second kappa shape index (κ2) is 4.06. The third kappa shape index (κ3) is 2.59. The zero-order valence-electron chi connectivity index (χ0n) is 7.02. The molecule has 0 aliphatic heterocycles. The van der Waals surface area contributed by atoms with Crippen LogP contribution in [0, 0.1) is 5.82 Å². The first-order chi connectivity index (χ1) is 6.86. The van der Waals surface area contributed by atoms with E-state index in [1.807, 2.05) is 0 Å². The Bertz CT molecular complexity index is 402. The fourth-order valence-electron chi connectivity index (χ4n) is 0.929. The number of hydrogen-bond donors (Lipinski definition) is 1. The van der Waals surface area contributed by atoms with Gasteiger partial charge in [0.15, 0.2) is 5.17 Å². The zero-order chi connectivity index (χ0) is 11.6. The molecule has 0 saturated heterocycles. The highest BCUT2D eigenvalue weighted by Gasteiger charge is 2.34. The van der Waals surface area contributed by atoms with E-state index >= 15 is 0 Å². The van der Waals surface area contributed by atoms with Gasteiger partial charge in [-0.2, -0.15) is 13.2 Å². The number of hydrogen-bond acceptors (Lipinski definition) is 2. The maximum absolute atomic E-state index is 12.8. The quantitative estimate of drug-likeness (QED) is 0.348. The Hall–Kier alpha value is -1.30. The summed E-state index contributed by atoms with van der Waals surface area (Å²) in [6.07, 6.45) is -4.81. The summed E-state index contributed by atoms with van der Waals surface area (Å²) in [4.78, 5) is 0. The van der Waals surface area contributed by atoms with Gasteiger partial charge in [-0.25, -0.2) is 4.39 Å². The first-order valence-electron chi connectivity index (χ1n) is 3.61. The van der Waals surface area contributed by atoms with Crippen LogP contribution in [-0.4, -0.2) is 10.4 Å². The molecule has 15 heavy (non-hydrogen) atoms. The van der Waals surface area contributed by atoms with Crippen LogP contribution >= 0.6 is 11.6 Å². The Balaban J connectivity index is 3.29. The fourth-order valence-corrected chi connectivity index (χ4v) is 1.05. The van der Waals surface area contributed by atoms with Gasteiger partial charge in [-0.05, 0) is 18.2 Å². The van der Waals surface area contributed by atoms with Gasteiger partial charge in [-0.3, -0.25) is 0 Å². The number of halogens is 5. The first-order valence-corrected chi connectivity index (χ1v) is 3.98. The van der Waals surface area contributed by atoms with Crippen molar-refractivity contribution in [1.82, 2.24) is 0 Å². The van der Waals surface area contributed by atoms with Crippen molar-refractivity contribution >= 4 is 16.8 Å². The van der Waals surface area contributed by atoms with Crippen molar-refractivity contribution < 1.29 is 22.8 Å². The van der Waals surface area contributed by atoms with Crippen LogP contribution in [0.25, 0.3) is 0 Å². The lowest BCUT2D eigenvalue weighted by molar-refractivity contribution is -0.140. The molecular formula is C8H4ClF4NO. The fraction of sp³-hybridized carbons (Fsp3) is 0.125. The van der Waals surface area contributed by atoms with Crippen LogP contribution in [0.3, 0.4) is 0 Å². The standard InChI is InChI=1S/C8H4ClF4NO/c9-7(14-15)4-1-2-6(10)5(3-4)8(11,12)13/h1-3,15H. The Labute approximate surface area is 86.8 Å². The summed E-state index contributed by atoms with van der Waals surface area (Å²) in [6.45, 7) is 0. The summed E-state index contributed by atoms with van der Waals surface area (Å²) in [5.74, 6) is -1.41. The highest BCUT2D eigenvalue weighted by atomic mass is 35.5. The molecule has 0 heterocycles. The average Bonchev–Trinajstić information content (AvgIpc) is 2.15. The molecule has 0 spiro atoms. The van der Waals surface area contributed by atoms with Crippen molar-refractivity contribution in [1.29, 1.82) is 0 Å². The Morgan fingerprint density at radius 1 is 1.33 bits per heavy atom. The van der Waals surface area contributed by atoms with Crippen LogP contribution in [-0.2, 0) is 6.18 Å². The normalized spacial score (nSPS) is 13.0. The molecule has 7 heteroatoms. The van der Waals surface area contributed by atoms with Crippen LogP contribution in [0.5, 0.6) is 0 Å². The SMILES string of the molecule is ON=C(Cl)c1ccc(F)c(C(F)(F)F)c1. The lowest BCUT2D eigenvalue weighted by Crippen LogP contribution is -2.09. The molecule has 0 fully saturated rings. The van der Waals surface area contributed by atoms with Gasteiger partial charge in [0, 0.05) is 5.56 Å². The van der Waals surface area contributed by atoms with Gasteiger partial charge >= 0.3 is 6.18 Å². The zero-order valence-corrected chi connectivity index (χ0v) is 7.77. The van der Waals surface area contributed by atoms with Gasteiger partial charge < -0.3 is 5.21 Å². The van der Waals surface area contributed by atoms with Crippen LogP contribution < -0.4 is 0 Å². The number of benzene rings is 1. The third-order valence-corrected chi connectivity index (χ3v) is 1.89. The summed E-state index contributed by atoms with van der Waals surface area (Å²) >= 11 is 5.28. The van der Waals surface area contributed by atoms with Gasteiger partial charge in [0.2, 0.25) is 0 Å². The molecule has 1 aromatic rings. The molecular weight excluding hydrogens is 238 g/mol. The van der Waals surface area contributed by atoms with Crippen LogP contribution in [0.4, 0.5) is 17.6 Å². The van der Waals surface area contributed by atoms with E-state index in [2.05, 4.69) is 5.16 Å². The van der Waals surface area contributed by atoms with Crippen LogP contribution in [0.2, 0.25) is 0 Å². The third-order valence-electron chi connectivity index (χ3n) is 1.60. The lowest BCUT2D eigenvalue weighted by Gasteiger charge is -2.08. The van der Waals surface area contributed by atoms with E-state index in [0.717, 1.165) is 6.07 Å². The van der Waals surface area contributed by atoms with Gasteiger partial charge in [-0.1, -0.05) is 16.8 Å². The van der Waals surface area contributed by atoms with E-state index in [4.69, 9.17) is 16.8 Å². The van der Waals surface area contributed by atoms with Crippen LogP contribution in [0.15, 0.2) is 23.4 Å². The second-order valence-electron chi connectivity index (χ2n) is 2.58. The van der Waals surface area contributed by atoms with E-state index in [9.17, 15) is 17.6 Å². The van der Waals surface area contributed by atoms with Gasteiger partial charge in [-0.15, -0.1) is 0 Å². The maximum Gasteiger partial charge on any atom is 0.419 e. The van der Waals surface area contributed by atoms with Crippen molar-refractivity contribution in [3.8, 4) is 0 Å². The van der Waals surface area contributed by atoms with Gasteiger partial charge in [0.05, 0.1) is 5.56 Å². The highest BCUT2D eigenvalue weighted by molar-refractivity contribution is 6.69. The van der Waals surface area contributed by atoms with E-state index in [1.54, 1.807) is 0 Å². The predicted molar refractivity (Wildman–Crippen MR) is 45.6 cm³/mol. The summed E-state index contributed by atoms with van der Waals surface area (Å²) in [6, 6.07) is 2.05. The Morgan fingerprint density at radius 2 is 1.93 bits per heavy atom. The van der Waals surface area contributed by atoms with E-state index in [-0.39, 0.29) is 5.56 Å². The van der Waals surface area contributed by atoms with Crippen molar-refractivity contribution in [2.45, 2.75) is 6.18 Å². The molecule has 0 aliphatic rings. The van der Waals surface area contributed by atoms with Crippen molar-refractivity contribution in [3.05, 3.63) is 35.1 Å². The molecule has 0 saturated carbocycles. The topological polar surface area (TPSA) is 32.6 Å². The molecule has 2 nitrogen and oxygen atoms in total. The van der Waals surface area contributed by atoms with Gasteiger partial charge in [0.1, 0.15) is 5.82 Å². The summed E-state index contributed by atoms with van der Waals surface area (Å²) < 4.78 is 49.4. The number of alkyl halides is 3. The average molecular weight is 242 g/mol. The Kier molecular flexibility index (Phi) is 3.18. The lowest BCUT2D eigenvalue weighted by atomic mass is 10.1. The minimum atomic E-state index is -4.81. The van der Waals surface area contributed by atoms with Crippen LogP contribution in [0.1, 0.15) is 11.1 Å². The number of rotatable bonds is 1. The largest absolute Gasteiger partial charge is 0.419 e. The molecule has 82 valence electrons. The summed E-state index contributed by atoms with van der Waals surface area (Å²) in [7, 11) is 0. The molecule has 1 aromatic carbocycles. The first kappa shape index (κ1) is 11.8. The molecule has 0 aliphatic carbocycles. The van der Waals surface area contributed by atoms with E-state index in [0.29, 0.717) is 12.1 Å². The second-order valence-corrected chi connectivity index (χ2v) is 2.94. The summed E-state index contributed by atoms with van der Waals surface area (Å²) in [5, 5.41) is 10.2.